The molecule has 1 heterocycles. The highest BCUT2D eigenvalue weighted by molar-refractivity contribution is 7.99. The molecule has 1 N–H and O–H groups in total. The maximum absolute atomic E-state index is 12.0. The fourth-order valence-corrected chi connectivity index (χ4v) is 4.32. The van der Waals surface area contributed by atoms with Crippen molar-refractivity contribution in [2.24, 2.45) is 0 Å². The Morgan fingerprint density at radius 2 is 2.11 bits per heavy atom. The summed E-state index contributed by atoms with van der Waals surface area (Å²) in [6, 6.07) is 0.399. The standard InChI is InChI=1S/C15H27NO2S/c1-2-19-14-8-4-3-7-13(14)16-15(17)10-9-12-6-5-11-18-12/h12-14H,2-11H2,1H3,(H,16,17)/t12-,13-,14-/m1/s1. The largest absolute Gasteiger partial charge is 0.378 e. The lowest BCUT2D eigenvalue weighted by Crippen LogP contribution is -2.44. The van der Waals surface area contributed by atoms with Crippen LogP contribution in [0.4, 0.5) is 0 Å². The van der Waals surface area contributed by atoms with Crippen LogP contribution in [0.3, 0.4) is 0 Å². The highest BCUT2D eigenvalue weighted by atomic mass is 32.2. The molecule has 0 aromatic heterocycles. The van der Waals surface area contributed by atoms with Crippen molar-refractivity contribution in [3.63, 3.8) is 0 Å². The van der Waals surface area contributed by atoms with Crippen LogP contribution in [0.15, 0.2) is 0 Å². The van der Waals surface area contributed by atoms with Gasteiger partial charge in [-0.25, -0.2) is 0 Å². The Hall–Kier alpha value is -0.220. The number of carbonyl (C=O) groups is 1. The Labute approximate surface area is 121 Å². The van der Waals surface area contributed by atoms with E-state index in [9.17, 15) is 4.79 Å². The van der Waals surface area contributed by atoms with Gasteiger partial charge in [0.2, 0.25) is 5.91 Å². The van der Waals surface area contributed by atoms with Crippen molar-refractivity contribution in [1.29, 1.82) is 0 Å². The van der Waals surface area contributed by atoms with Gasteiger partial charge in [0.15, 0.2) is 0 Å². The lowest BCUT2D eigenvalue weighted by molar-refractivity contribution is -0.122. The molecule has 110 valence electrons. The predicted octanol–water partition coefficient (Wildman–Crippen LogP) is 3.13. The van der Waals surface area contributed by atoms with E-state index in [4.69, 9.17) is 4.74 Å². The molecule has 1 amide bonds. The monoisotopic (exact) mass is 285 g/mol. The predicted molar refractivity (Wildman–Crippen MR) is 80.5 cm³/mol. The van der Waals surface area contributed by atoms with Crippen molar-refractivity contribution >= 4 is 17.7 Å². The number of ether oxygens (including phenoxy) is 1. The molecule has 2 rings (SSSR count). The van der Waals surface area contributed by atoms with Crippen molar-refractivity contribution in [3.8, 4) is 0 Å². The Kier molecular flexibility index (Phi) is 6.51. The number of carbonyl (C=O) groups excluding carboxylic acids is 1. The van der Waals surface area contributed by atoms with Crippen molar-refractivity contribution in [3.05, 3.63) is 0 Å². The zero-order valence-corrected chi connectivity index (χ0v) is 12.8. The Morgan fingerprint density at radius 3 is 2.84 bits per heavy atom. The van der Waals surface area contributed by atoms with Crippen LogP contribution in [-0.4, -0.2) is 35.7 Å². The quantitative estimate of drug-likeness (QED) is 0.815. The van der Waals surface area contributed by atoms with Gasteiger partial charge in [0.1, 0.15) is 0 Å². The van der Waals surface area contributed by atoms with Gasteiger partial charge < -0.3 is 10.1 Å². The summed E-state index contributed by atoms with van der Waals surface area (Å²) < 4.78 is 5.57. The van der Waals surface area contributed by atoms with Crippen molar-refractivity contribution in [2.45, 2.75) is 75.7 Å². The topological polar surface area (TPSA) is 38.3 Å². The lowest BCUT2D eigenvalue weighted by Gasteiger charge is -2.31. The second kappa shape index (κ2) is 8.15. The summed E-state index contributed by atoms with van der Waals surface area (Å²) >= 11 is 2.01. The van der Waals surface area contributed by atoms with Crippen molar-refractivity contribution < 1.29 is 9.53 Å². The first-order valence-electron chi connectivity index (χ1n) is 7.82. The number of amides is 1. The third-order valence-electron chi connectivity index (χ3n) is 4.15. The van der Waals surface area contributed by atoms with Gasteiger partial charge in [0.25, 0.3) is 0 Å². The van der Waals surface area contributed by atoms with Crippen LogP contribution in [0.2, 0.25) is 0 Å². The molecule has 2 fully saturated rings. The number of thioether (sulfide) groups is 1. The minimum absolute atomic E-state index is 0.226. The Bertz CT molecular complexity index is 277. The third kappa shape index (κ3) is 4.99. The molecule has 1 aliphatic heterocycles. The maximum atomic E-state index is 12.0. The molecule has 3 nitrogen and oxygen atoms in total. The zero-order chi connectivity index (χ0) is 13.5. The molecular weight excluding hydrogens is 258 g/mol. The van der Waals surface area contributed by atoms with E-state index in [1.807, 2.05) is 11.8 Å². The zero-order valence-electron chi connectivity index (χ0n) is 12.0. The van der Waals surface area contributed by atoms with Gasteiger partial charge in [-0.3, -0.25) is 4.79 Å². The first kappa shape index (κ1) is 15.2. The second-order valence-corrected chi connectivity index (χ2v) is 7.14. The van der Waals surface area contributed by atoms with E-state index in [1.165, 1.54) is 19.3 Å². The molecule has 19 heavy (non-hydrogen) atoms. The molecule has 0 aromatic carbocycles. The molecule has 3 atom stereocenters. The molecule has 2 aliphatic rings. The normalized spacial score (nSPS) is 31.3. The SMILES string of the molecule is CCS[C@@H]1CCCC[C@H]1NC(=O)CC[C@H]1CCCO1. The summed E-state index contributed by atoms with van der Waals surface area (Å²) in [5, 5.41) is 3.89. The van der Waals surface area contributed by atoms with Crippen LogP contribution >= 0.6 is 11.8 Å². The van der Waals surface area contributed by atoms with Gasteiger partial charge in [-0.2, -0.15) is 11.8 Å². The summed E-state index contributed by atoms with van der Waals surface area (Å²) in [5.74, 6) is 1.37. The summed E-state index contributed by atoms with van der Waals surface area (Å²) in [6.45, 7) is 3.08. The van der Waals surface area contributed by atoms with Crippen molar-refractivity contribution in [2.75, 3.05) is 12.4 Å². The van der Waals surface area contributed by atoms with Gasteiger partial charge in [0, 0.05) is 24.3 Å². The van der Waals surface area contributed by atoms with Crippen LogP contribution < -0.4 is 5.32 Å². The number of hydrogen-bond acceptors (Lipinski definition) is 3. The number of hydrogen-bond donors (Lipinski definition) is 1. The molecule has 0 bridgehead atoms. The van der Waals surface area contributed by atoms with Gasteiger partial charge in [-0.1, -0.05) is 19.8 Å². The minimum atomic E-state index is 0.226. The summed E-state index contributed by atoms with van der Waals surface area (Å²) in [7, 11) is 0. The van der Waals surface area contributed by atoms with E-state index in [-0.39, 0.29) is 5.91 Å². The lowest BCUT2D eigenvalue weighted by atomic mass is 9.94. The highest BCUT2D eigenvalue weighted by Gasteiger charge is 2.26. The number of rotatable bonds is 6. The second-order valence-electron chi connectivity index (χ2n) is 5.63. The van der Waals surface area contributed by atoms with E-state index in [1.54, 1.807) is 0 Å². The van der Waals surface area contributed by atoms with Crippen LogP contribution in [-0.2, 0) is 9.53 Å². The summed E-state index contributed by atoms with van der Waals surface area (Å²) in [4.78, 5) is 12.0. The fourth-order valence-electron chi connectivity index (χ4n) is 3.12. The molecule has 1 aliphatic carbocycles. The molecule has 0 spiro atoms. The van der Waals surface area contributed by atoms with E-state index in [2.05, 4.69) is 12.2 Å². The molecule has 0 radical (unpaired) electrons. The molecule has 4 heteroatoms. The molecule has 1 saturated heterocycles. The van der Waals surface area contributed by atoms with E-state index < -0.39 is 0 Å². The average molecular weight is 285 g/mol. The smallest absolute Gasteiger partial charge is 0.220 e. The third-order valence-corrected chi connectivity index (χ3v) is 5.47. The summed E-state index contributed by atoms with van der Waals surface area (Å²) in [6.07, 6.45) is 9.14. The van der Waals surface area contributed by atoms with Crippen molar-refractivity contribution in [1.82, 2.24) is 5.32 Å². The van der Waals surface area contributed by atoms with Gasteiger partial charge in [-0.05, 0) is 37.9 Å². The maximum Gasteiger partial charge on any atom is 0.220 e. The molecular formula is C15H27NO2S. The number of nitrogens with one attached hydrogen (secondary N) is 1. The van der Waals surface area contributed by atoms with Crippen LogP contribution in [0.1, 0.15) is 58.3 Å². The van der Waals surface area contributed by atoms with Crippen LogP contribution in [0, 0.1) is 0 Å². The summed E-state index contributed by atoms with van der Waals surface area (Å²) in [5.41, 5.74) is 0. The molecule has 0 aromatic rings. The Balaban J connectivity index is 1.69. The minimum Gasteiger partial charge on any atom is -0.378 e. The van der Waals surface area contributed by atoms with Crippen LogP contribution in [0.25, 0.3) is 0 Å². The van der Waals surface area contributed by atoms with E-state index in [0.717, 1.165) is 38.0 Å². The van der Waals surface area contributed by atoms with E-state index in [0.29, 0.717) is 23.8 Å². The highest BCUT2D eigenvalue weighted by Crippen LogP contribution is 2.28. The molecule has 0 unspecified atom stereocenters. The fraction of sp³-hybridized carbons (Fsp3) is 0.933. The van der Waals surface area contributed by atoms with Gasteiger partial charge in [-0.15, -0.1) is 0 Å². The average Bonchev–Trinajstić information content (AvgIpc) is 2.92. The van der Waals surface area contributed by atoms with E-state index >= 15 is 0 Å². The van der Waals surface area contributed by atoms with Gasteiger partial charge >= 0.3 is 0 Å². The van der Waals surface area contributed by atoms with Crippen LogP contribution in [0.5, 0.6) is 0 Å². The van der Waals surface area contributed by atoms with Gasteiger partial charge in [0.05, 0.1) is 6.10 Å². The first-order chi connectivity index (χ1) is 9.29. The Morgan fingerprint density at radius 1 is 1.26 bits per heavy atom. The molecule has 1 saturated carbocycles. The first-order valence-corrected chi connectivity index (χ1v) is 8.87.